The van der Waals surface area contributed by atoms with E-state index in [1.807, 2.05) is 0 Å². The summed E-state index contributed by atoms with van der Waals surface area (Å²) in [4.78, 5) is 11.3. The molecule has 1 aromatic rings. The van der Waals surface area contributed by atoms with E-state index in [0.29, 0.717) is 22.9 Å². The molecule has 92 valence electrons. The molecule has 1 aromatic carbocycles. The smallest absolute Gasteiger partial charge is 0.258 e. The van der Waals surface area contributed by atoms with Crippen molar-refractivity contribution >= 4 is 17.5 Å². The Morgan fingerprint density at radius 1 is 1.59 bits per heavy atom. The topological polar surface area (TPSA) is 64.3 Å². The standard InChI is InChI=1S/C12H15ClN2O2/c1-2-6-15-12(16)8-17-11-5-3-4-10(13)9(11)7-14/h2-5H,1,6-8,14H2,(H,15,16). The Morgan fingerprint density at radius 3 is 3.00 bits per heavy atom. The summed E-state index contributed by atoms with van der Waals surface area (Å²) < 4.78 is 5.36. The second-order valence-corrected chi connectivity index (χ2v) is 3.71. The van der Waals surface area contributed by atoms with Crippen molar-refractivity contribution in [2.24, 2.45) is 5.73 Å². The first-order valence-electron chi connectivity index (χ1n) is 5.17. The number of carbonyl (C=O) groups excluding carboxylic acids is 1. The Kier molecular flexibility index (Phi) is 5.52. The van der Waals surface area contributed by atoms with Crippen molar-refractivity contribution in [3.05, 3.63) is 41.4 Å². The number of ether oxygens (including phenoxy) is 1. The first-order chi connectivity index (χ1) is 8.19. The maximum Gasteiger partial charge on any atom is 0.258 e. The minimum Gasteiger partial charge on any atom is -0.483 e. The van der Waals surface area contributed by atoms with Crippen LogP contribution in [-0.2, 0) is 11.3 Å². The van der Waals surface area contributed by atoms with Gasteiger partial charge in [0.15, 0.2) is 6.61 Å². The molecule has 0 saturated carbocycles. The lowest BCUT2D eigenvalue weighted by Gasteiger charge is -2.11. The number of nitrogens with one attached hydrogen (secondary N) is 1. The molecule has 0 fully saturated rings. The van der Waals surface area contributed by atoms with Crippen molar-refractivity contribution in [1.29, 1.82) is 0 Å². The molecule has 0 radical (unpaired) electrons. The number of nitrogens with two attached hydrogens (primary N) is 1. The average molecular weight is 255 g/mol. The van der Waals surface area contributed by atoms with Crippen molar-refractivity contribution in [3.63, 3.8) is 0 Å². The zero-order chi connectivity index (χ0) is 12.7. The maximum absolute atomic E-state index is 11.3. The highest BCUT2D eigenvalue weighted by Crippen LogP contribution is 2.25. The normalized spacial score (nSPS) is 9.76. The fraction of sp³-hybridized carbons (Fsp3) is 0.250. The second-order valence-electron chi connectivity index (χ2n) is 3.30. The van der Waals surface area contributed by atoms with Gasteiger partial charge in [0, 0.05) is 23.7 Å². The molecule has 0 aliphatic heterocycles. The van der Waals surface area contributed by atoms with Crippen molar-refractivity contribution in [2.75, 3.05) is 13.2 Å². The monoisotopic (exact) mass is 254 g/mol. The van der Waals surface area contributed by atoms with Crippen LogP contribution in [0.25, 0.3) is 0 Å². The third kappa shape index (κ3) is 4.09. The predicted octanol–water partition coefficient (Wildman–Crippen LogP) is 1.48. The SMILES string of the molecule is C=CCNC(=O)COc1cccc(Cl)c1CN. The lowest BCUT2D eigenvalue weighted by molar-refractivity contribution is -0.122. The van der Waals surface area contributed by atoms with Gasteiger partial charge in [0.05, 0.1) is 0 Å². The van der Waals surface area contributed by atoms with Crippen LogP contribution in [0.15, 0.2) is 30.9 Å². The number of amides is 1. The maximum atomic E-state index is 11.3. The molecule has 0 aliphatic rings. The predicted molar refractivity (Wildman–Crippen MR) is 68.0 cm³/mol. The van der Waals surface area contributed by atoms with E-state index in [1.165, 1.54) is 0 Å². The quantitative estimate of drug-likeness (QED) is 0.756. The highest BCUT2D eigenvalue weighted by atomic mass is 35.5. The number of benzene rings is 1. The fourth-order valence-corrected chi connectivity index (χ4v) is 1.50. The lowest BCUT2D eigenvalue weighted by Crippen LogP contribution is -2.29. The van der Waals surface area contributed by atoms with Crippen LogP contribution in [0.4, 0.5) is 0 Å². The molecule has 4 nitrogen and oxygen atoms in total. The Bertz CT molecular complexity index is 407. The van der Waals surface area contributed by atoms with Gasteiger partial charge < -0.3 is 15.8 Å². The van der Waals surface area contributed by atoms with Crippen molar-refractivity contribution in [1.82, 2.24) is 5.32 Å². The number of hydrogen-bond acceptors (Lipinski definition) is 3. The van der Waals surface area contributed by atoms with Crippen LogP contribution in [0.3, 0.4) is 0 Å². The summed E-state index contributed by atoms with van der Waals surface area (Å²) >= 11 is 5.95. The van der Waals surface area contributed by atoms with E-state index in [-0.39, 0.29) is 19.1 Å². The van der Waals surface area contributed by atoms with Gasteiger partial charge >= 0.3 is 0 Å². The molecule has 0 saturated heterocycles. The van der Waals surface area contributed by atoms with E-state index in [4.69, 9.17) is 22.1 Å². The summed E-state index contributed by atoms with van der Waals surface area (Å²) in [5.41, 5.74) is 6.26. The van der Waals surface area contributed by atoms with Gasteiger partial charge in [-0.1, -0.05) is 23.7 Å². The van der Waals surface area contributed by atoms with E-state index in [9.17, 15) is 4.79 Å². The zero-order valence-electron chi connectivity index (χ0n) is 9.41. The van der Waals surface area contributed by atoms with Crippen molar-refractivity contribution in [2.45, 2.75) is 6.54 Å². The Balaban J connectivity index is 2.60. The summed E-state index contributed by atoms with van der Waals surface area (Å²) in [6.45, 7) is 4.12. The van der Waals surface area contributed by atoms with Gasteiger partial charge in [-0.2, -0.15) is 0 Å². The summed E-state index contributed by atoms with van der Waals surface area (Å²) in [6.07, 6.45) is 1.60. The van der Waals surface area contributed by atoms with E-state index < -0.39 is 0 Å². The molecule has 1 rings (SSSR count). The molecule has 0 atom stereocenters. The first kappa shape index (κ1) is 13.5. The molecule has 1 amide bonds. The number of carbonyl (C=O) groups is 1. The third-order valence-electron chi connectivity index (χ3n) is 2.08. The second kappa shape index (κ2) is 6.93. The summed E-state index contributed by atoms with van der Waals surface area (Å²) in [6, 6.07) is 5.21. The number of halogens is 1. The summed E-state index contributed by atoms with van der Waals surface area (Å²) in [5, 5.41) is 3.15. The van der Waals surface area contributed by atoms with E-state index in [1.54, 1.807) is 24.3 Å². The molecular weight excluding hydrogens is 240 g/mol. The van der Waals surface area contributed by atoms with Crippen molar-refractivity contribution < 1.29 is 9.53 Å². The van der Waals surface area contributed by atoms with E-state index in [2.05, 4.69) is 11.9 Å². The number of rotatable bonds is 6. The zero-order valence-corrected chi connectivity index (χ0v) is 10.2. The molecule has 0 bridgehead atoms. The Morgan fingerprint density at radius 2 is 2.35 bits per heavy atom. The van der Waals surface area contributed by atoms with E-state index >= 15 is 0 Å². The van der Waals surface area contributed by atoms with Crippen molar-refractivity contribution in [3.8, 4) is 5.75 Å². The van der Waals surface area contributed by atoms with Crippen LogP contribution < -0.4 is 15.8 Å². The highest BCUT2D eigenvalue weighted by molar-refractivity contribution is 6.31. The number of hydrogen-bond donors (Lipinski definition) is 2. The lowest BCUT2D eigenvalue weighted by atomic mass is 10.2. The van der Waals surface area contributed by atoms with E-state index in [0.717, 1.165) is 0 Å². The van der Waals surface area contributed by atoms with Crippen LogP contribution in [0.5, 0.6) is 5.75 Å². The molecule has 0 heterocycles. The molecule has 0 unspecified atom stereocenters. The molecule has 17 heavy (non-hydrogen) atoms. The van der Waals surface area contributed by atoms with Gasteiger partial charge in [0.25, 0.3) is 5.91 Å². The minimum atomic E-state index is -0.215. The van der Waals surface area contributed by atoms with Gasteiger partial charge in [-0.3, -0.25) is 4.79 Å². The Labute approximate surface area is 105 Å². The van der Waals surface area contributed by atoms with Crippen LogP contribution in [-0.4, -0.2) is 19.1 Å². The Hall–Kier alpha value is -1.52. The highest BCUT2D eigenvalue weighted by Gasteiger charge is 2.08. The average Bonchev–Trinajstić information content (AvgIpc) is 2.33. The molecular formula is C12H15ClN2O2. The first-order valence-corrected chi connectivity index (χ1v) is 5.54. The van der Waals surface area contributed by atoms with Crippen LogP contribution in [0.1, 0.15) is 5.56 Å². The molecule has 3 N–H and O–H groups in total. The van der Waals surface area contributed by atoms with Crippen LogP contribution >= 0.6 is 11.6 Å². The van der Waals surface area contributed by atoms with Gasteiger partial charge in [-0.15, -0.1) is 6.58 Å². The minimum absolute atomic E-state index is 0.0683. The van der Waals surface area contributed by atoms with Crippen LogP contribution in [0, 0.1) is 0 Å². The summed E-state index contributed by atoms with van der Waals surface area (Å²) in [5.74, 6) is 0.321. The fourth-order valence-electron chi connectivity index (χ4n) is 1.25. The largest absolute Gasteiger partial charge is 0.483 e. The van der Waals surface area contributed by atoms with Gasteiger partial charge in [-0.05, 0) is 12.1 Å². The van der Waals surface area contributed by atoms with Crippen LogP contribution in [0.2, 0.25) is 5.02 Å². The van der Waals surface area contributed by atoms with Gasteiger partial charge in [0.1, 0.15) is 5.75 Å². The molecule has 5 heteroatoms. The molecule has 0 spiro atoms. The molecule has 0 aromatic heterocycles. The summed E-state index contributed by atoms with van der Waals surface area (Å²) in [7, 11) is 0. The molecule has 0 aliphatic carbocycles. The van der Waals surface area contributed by atoms with Gasteiger partial charge in [-0.25, -0.2) is 0 Å². The third-order valence-corrected chi connectivity index (χ3v) is 2.44. The van der Waals surface area contributed by atoms with Gasteiger partial charge in [0.2, 0.25) is 0 Å².